The van der Waals surface area contributed by atoms with E-state index in [2.05, 4.69) is 89.5 Å². The van der Waals surface area contributed by atoms with Crippen LogP contribution in [0.15, 0.2) is 65.1 Å². The predicted molar refractivity (Wildman–Crippen MR) is 91.4 cm³/mol. The first-order chi connectivity index (χ1) is 9.29. The van der Waals surface area contributed by atoms with E-state index in [9.17, 15) is 0 Å². The Balaban J connectivity index is 2.33. The monoisotopic (exact) mass is 384 g/mol. The van der Waals surface area contributed by atoms with E-state index in [1.54, 1.807) is 0 Å². The molecule has 0 bridgehead atoms. The smallest absolute Gasteiger partial charge is 0.296 e. The van der Waals surface area contributed by atoms with Crippen molar-refractivity contribution in [2.75, 3.05) is 0 Å². The van der Waals surface area contributed by atoms with Crippen molar-refractivity contribution in [2.45, 2.75) is 0 Å². The number of fused-ring (bicyclic) bond motifs is 1. The lowest BCUT2D eigenvalue weighted by Crippen LogP contribution is -2.12. The van der Waals surface area contributed by atoms with Crippen LogP contribution in [0.1, 0.15) is 0 Å². The second-order valence-electron chi connectivity index (χ2n) is 4.46. The molecule has 0 aliphatic heterocycles. The highest BCUT2D eigenvalue weighted by Crippen LogP contribution is 2.28. The number of hydrogen-bond donors (Lipinski definition) is 0. The summed E-state index contributed by atoms with van der Waals surface area (Å²) in [6.07, 6.45) is 0. The Bertz CT molecular complexity index is 720. The SMILES string of the molecule is [Br][Mg][c]1ccc2ccccc2c1-c1ccc(Br)cc1. The summed E-state index contributed by atoms with van der Waals surface area (Å²) in [7, 11) is 0. The topological polar surface area (TPSA) is 0 Å². The van der Waals surface area contributed by atoms with Gasteiger partial charge >= 0.3 is 18.2 Å². The Morgan fingerprint density at radius 1 is 0.789 bits per heavy atom. The minimum Gasteiger partial charge on any atom is -0.296 e. The van der Waals surface area contributed by atoms with Crippen molar-refractivity contribution in [1.82, 2.24) is 0 Å². The molecule has 0 radical (unpaired) electrons. The first-order valence-electron chi connectivity index (χ1n) is 6.12. The molecule has 90 valence electrons. The van der Waals surface area contributed by atoms with Crippen LogP contribution < -0.4 is 3.69 Å². The number of benzene rings is 3. The minimum atomic E-state index is -0.379. The Morgan fingerprint density at radius 2 is 1.53 bits per heavy atom. The number of hydrogen-bond acceptors (Lipinski definition) is 0. The zero-order valence-electron chi connectivity index (χ0n) is 10.2. The summed E-state index contributed by atoms with van der Waals surface area (Å²) in [5.74, 6) is 0. The molecule has 0 aliphatic rings. The summed E-state index contributed by atoms with van der Waals surface area (Å²) < 4.78 is 2.58. The molecule has 0 fully saturated rings. The Hall–Kier alpha value is -0.354. The maximum atomic E-state index is 3.74. The van der Waals surface area contributed by atoms with E-state index in [0.717, 1.165) is 4.47 Å². The van der Waals surface area contributed by atoms with Gasteiger partial charge in [0.25, 0.3) is 0 Å². The summed E-state index contributed by atoms with van der Waals surface area (Å²) in [4.78, 5) is 0. The average Bonchev–Trinajstić information content (AvgIpc) is 2.47. The molecule has 0 atom stereocenters. The van der Waals surface area contributed by atoms with Crippen molar-refractivity contribution in [3.05, 3.63) is 65.1 Å². The Labute approximate surface area is 136 Å². The van der Waals surface area contributed by atoms with Crippen molar-refractivity contribution in [3.63, 3.8) is 0 Å². The van der Waals surface area contributed by atoms with Gasteiger partial charge in [0.05, 0.1) is 0 Å². The quantitative estimate of drug-likeness (QED) is 0.549. The van der Waals surface area contributed by atoms with Crippen LogP contribution >= 0.6 is 28.8 Å². The van der Waals surface area contributed by atoms with Crippen LogP contribution in [0.5, 0.6) is 0 Å². The van der Waals surface area contributed by atoms with E-state index in [-0.39, 0.29) is 18.2 Å². The van der Waals surface area contributed by atoms with Gasteiger partial charge in [-0.25, -0.2) is 0 Å². The van der Waals surface area contributed by atoms with Gasteiger partial charge < -0.3 is 0 Å². The molecular formula is C16H10Br2Mg. The number of rotatable bonds is 2. The van der Waals surface area contributed by atoms with Crippen LogP contribution in [-0.2, 0) is 0 Å². The normalized spacial score (nSPS) is 10.4. The van der Waals surface area contributed by atoms with Gasteiger partial charge in [-0.15, -0.1) is 3.69 Å². The molecule has 3 heteroatoms. The zero-order valence-corrected chi connectivity index (χ0v) is 14.8. The van der Waals surface area contributed by atoms with Crippen LogP contribution in [0.25, 0.3) is 21.9 Å². The second-order valence-corrected chi connectivity index (χ2v) is 8.09. The van der Waals surface area contributed by atoms with Crippen LogP contribution in [0.4, 0.5) is 0 Å². The maximum Gasteiger partial charge on any atom is 0.507 e. The first kappa shape index (κ1) is 13.6. The van der Waals surface area contributed by atoms with Crippen molar-refractivity contribution in [1.29, 1.82) is 0 Å². The molecule has 0 aromatic heterocycles. The van der Waals surface area contributed by atoms with E-state index in [4.69, 9.17) is 0 Å². The van der Waals surface area contributed by atoms with Crippen molar-refractivity contribution >= 4 is 61.5 Å². The third kappa shape index (κ3) is 2.75. The minimum absolute atomic E-state index is 0.379. The summed E-state index contributed by atoms with van der Waals surface area (Å²) in [5, 5.41) is 2.65. The van der Waals surface area contributed by atoms with E-state index in [1.165, 1.54) is 25.6 Å². The van der Waals surface area contributed by atoms with Gasteiger partial charge in [-0.05, 0) is 34.0 Å². The Morgan fingerprint density at radius 3 is 2.26 bits per heavy atom. The van der Waals surface area contributed by atoms with Gasteiger partial charge in [0, 0.05) is 4.47 Å². The number of halogens is 2. The zero-order chi connectivity index (χ0) is 13.2. The largest absolute Gasteiger partial charge is 0.507 e. The van der Waals surface area contributed by atoms with Gasteiger partial charge in [0.1, 0.15) is 0 Å². The lowest BCUT2D eigenvalue weighted by molar-refractivity contribution is 1.63. The van der Waals surface area contributed by atoms with Gasteiger partial charge in [-0.2, -0.15) is 0 Å². The van der Waals surface area contributed by atoms with Crippen LogP contribution in [-0.4, -0.2) is 18.2 Å². The lowest BCUT2D eigenvalue weighted by atomic mass is 9.98. The lowest BCUT2D eigenvalue weighted by Gasteiger charge is -2.12. The molecule has 3 aromatic carbocycles. The molecule has 0 nitrogen and oxygen atoms in total. The predicted octanol–water partition coefficient (Wildman–Crippen LogP) is 4.91. The fourth-order valence-electron chi connectivity index (χ4n) is 2.39. The molecule has 0 unspecified atom stereocenters. The maximum absolute atomic E-state index is 3.74. The summed E-state index contributed by atoms with van der Waals surface area (Å²) in [6.45, 7) is 0. The summed E-state index contributed by atoms with van der Waals surface area (Å²) in [5.41, 5.74) is 2.68. The summed E-state index contributed by atoms with van der Waals surface area (Å²) >= 11 is 6.86. The molecular weight excluding hydrogens is 376 g/mol. The third-order valence-electron chi connectivity index (χ3n) is 3.29. The fraction of sp³-hybridized carbons (Fsp3) is 0. The van der Waals surface area contributed by atoms with Gasteiger partial charge in [0.2, 0.25) is 0 Å². The van der Waals surface area contributed by atoms with Gasteiger partial charge in [0.15, 0.2) is 0 Å². The molecule has 3 aromatic rings. The molecule has 0 N–H and O–H groups in total. The van der Waals surface area contributed by atoms with E-state index in [1.807, 2.05) is 0 Å². The van der Waals surface area contributed by atoms with Gasteiger partial charge in [-0.3, -0.25) is 12.9 Å². The molecule has 3 rings (SSSR count). The van der Waals surface area contributed by atoms with Crippen LogP contribution in [0.3, 0.4) is 0 Å². The van der Waals surface area contributed by atoms with Crippen LogP contribution in [0.2, 0.25) is 0 Å². The first-order valence-corrected chi connectivity index (χ1v) is 11.5. The highest BCUT2D eigenvalue weighted by Gasteiger charge is 2.09. The molecule has 0 aliphatic carbocycles. The Kier molecular flexibility index (Phi) is 4.27. The summed E-state index contributed by atoms with van der Waals surface area (Å²) in [6, 6.07) is 21.7. The average molecular weight is 386 g/mol. The van der Waals surface area contributed by atoms with E-state index < -0.39 is 0 Å². The molecule has 0 saturated heterocycles. The van der Waals surface area contributed by atoms with E-state index >= 15 is 0 Å². The fourth-order valence-corrected chi connectivity index (χ4v) is 4.79. The highest BCUT2D eigenvalue weighted by molar-refractivity contribution is 9.23. The molecule has 0 heterocycles. The second kappa shape index (κ2) is 5.96. The molecule has 0 spiro atoms. The van der Waals surface area contributed by atoms with Crippen molar-refractivity contribution in [3.8, 4) is 11.1 Å². The third-order valence-corrected chi connectivity index (χ3v) is 6.51. The molecule has 19 heavy (non-hydrogen) atoms. The van der Waals surface area contributed by atoms with Crippen LogP contribution in [0, 0.1) is 0 Å². The highest BCUT2D eigenvalue weighted by atomic mass is 79.9. The van der Waals surface area contributed by atoms with E-state index in [0.29, 0.717) is 0 Å². The van der Waals surface area contributed by atoms with Gasteiger partial charge in [-0.1, -0.05) is 64.5 Å². The molecule has 0 saturated carbocycles. The molecule has 0 amide bonds. The standard InChI is InChI=1S/C16H10Br.BrH.Mg/c17-14-10-8-13(9-11-14)16-7-3-5-12-4-1-2-6-15(12)16;;/h1-6,8-11H;1H;/q;;+1/p-1. The van der Waals surface area contributed by atoms with Crippen molar-refractivity contribution in [2.24, 2.45) is 0 Å². The van der Waals surface area contributed by atoms with Crippen molar-refractivity contribution < 1.29 is 0 Å².